The number of hydrogen-bond acceptors (Lipinski definition) is 4. The zero-order chi connectivity index (χ0) is 19.7. The molecular formula is C21H19Cl2NO4. The van der Waals surface area contributed by atoms with Crippen LogP contribution in [0.3, 0.4) is 0 Å². The Morgan fingerprint density at radius 1 is 1.18 bits per heavy atom. The third kappa shape index (κ3) is 3.08. The second-order valence-corrected chi connectivity index (χ2v) is 7.31. The van der Waals surface area contributed by atoms with E-state index in [0.29, 0.717) is 46.9 Å². The second-order valence-electron chi connectivity index (χ2n) is 6.52. The van der Waals surface area contributed by atoms with E-state index in [0.717, 1.165) is 12.0 Å². The van der Waals surface area contributed by atoms with Crippen molar-refractivity contribution in [2.45, 2.75) is 18.8 Å². The number of fused-ring (bicyclic) bond motifs is 2. The molecule has 1 spiro atoms. The Morgan fingerprint density at radius 2 is 1.93 bits per heavy atom. The van der Waals surface area contributed by atoms with Crippen LogP contribution in [0.15, 0.2) is 49.1 Å². The molecule has 1 saturated heterocycles. The molecule has 2 heterocycles. The number of nitrogens with zero attached hydrogens (tertiary/aromatic N) is 1. The van der Waals surface area contributed by atoms with E-state index in [1.807, 2.05) is 24.3 Å². The molecule has 0 aromatic heterocycles. The number of para-hydroxylation sites is 1. The van der Waals surface area contributed by atoms with E-state index in [-0.39, 0.29) is 12.5 Å². The van der Waals surface area contributed by atoms with Crippen molar-refractivity contribution in [3.63, 3.8) is 0 Å². The van der Waals surface area contributed by atoms with Gasteiger partial charge >= 0.3 is 0 Å². The summed E-state index contributed by atoms with van der Waals surface area (Å²) in [7, 11) is 0. The van der Waals surface area contributed by atoms with Crippen molar-refractivity contribution in [2.24, 2.45) is 0 Å². The van der Waals surface area contributed by atoms with Gasteiger partial charge in [0.25, 0.3) is 11.7 Å². The van der Waals surface area contributed by atoms with Gasteiger partial charge in [0.2, 0.25) is 0 Å². The molecule has 2 aromatic carbocycles. The molecule has 2 aromatic rings. The molecule has 0 radical (unpaired) electrons. The van der Waals surface area contributed by atoms with E-state index in [1.54, 1.807) is 23.1 Å². The van der Waals surface area contributed by atoms with Gasteiger partial charge in [-0.25, -0.2) is 0 Å². The summed E-state index contributed by atoms with van der Waals surface area (Å²) in [5.41, 5.74) is 1.92. The SMILES string of the molecule is C=CCOc1ccccc1CN1C(=O)C2(OCCCO2)c2ccc(Cl)c(Cl)c21. The highest BCUT2D eigenvalue weighted by atomic mass is 35.5. The lowest BCUT2D eigenvalue weighted by Crippen LogP contribution is -2.47. The lowest BCUT2D eigenvalue weighted by molar-refractivity contribution is -0.256. The minimum absolute atomic E-state index is 0.244. The number of rotatable bonds is 5. The van der Waals surface area contributed by atoms with Crippen LogP contribution in [0.25, 0.3) is 0 Å². The van der Waals surface area contributed by atoms with Crippen molar-refractivity contribution in [2.75, 3.05) is 24.7 Å². The monoisotopic (exact) mass is 419 g/mol. The first kappa shape index (κ1) is 19.3. The van der Waals surface area contributed by atoms with E-state index < -0.39 is 5.79 Å². The van der Waals surface area contributed by atoms with E-state index >= 15 is 0 Å². The Bertz CT molecular complexity index is 925. The standard InChI is InChI=1S/C21H19Cl2NO4/c1-2-10-26-17-7-4-3-6-14(17)13-24-19-15(8-9-16(22)18(19)23)21(20(24)25)27-11-5-12-28-21/h2-4,6-9H,1,5,10-13H2. The van der Waals surface area contributed by atoms with Gasteiger partial charge in [0.1, 0.15) is 12.4 Å². The third-order valence-electron chi connectivity index (χ3n) is 4.78. The average molecular weight is 420 g/mol. The fourth-order valence-electron chi connectivity index (χ4n) is 3.52. The number of benzene rings is 2. The summed E-state index contributed by atoms with van der Waals surface area (Å²) >= 11 is 12.8. The van der Waals surface area contributed by atoms with Gasteiger partial charge in [-0.3, -0.25) is 4.79 Å². The third-order valence-corrected chi connectivity index (χ3v) is 5.57. The highest BCUT2D eigenvalue weighted by molar-refractivity contribution is 6.44. The summed E-state index contributed by atoms with van der Waals surface area (Å²) in [5.74, 6) is -1.12. The van der Waals surface area contributed by atoms with Crippen molar-refractivity contribution in [3.05, 3.63) is 70.2 Å². The fourth-order valence-corrected chi connectivity index (χ4v) is 3.94. The maximum Gasteiger partial charge on any atom is 0.292 e. The minimum atomic E-state index is -1.47. The average Bonchev–Trinajstić information content (AvgIpc) is 2.93. The maximum atomic E-state index is 13.4. The van der Waals surface area contributed by atoms with Crippen molar-refractivity contribution in [3.8, 4) is 5.75 Å². The van der Waals surface area contributed by atoms with Gasteiger partial charge in [-0.15, -0.1) is 0 Å². The lowest BCUT2D eigenvalue weighted by atomic mass is 10.1. The Kier molecular flexibility index (Phi) is 5.34. The molecule has 0 saturated carbocycles. The zero-order valence-electron chi connectivity index (χ0n) is 15.1. The van der Waals surface area contributed by atoms with Crippen LogP contribution in [0.1, 0.15) is 17.5 Å². The largest absolute Gasteiger partial charge is 0.489 e. The van der Waals surface area contributed by atoms with Crippen molar-refractivity contribution in [1.29, 1.82) is 0 Å². The highest BCUT2D eigenvalue weighted by Gasteiger charge is 2.55. The number of carbonyl (C=O) groups is 1. The number of anilines is 1. The lowest BCUT2D eigenvalue weighted by Gasteiger charge is -2.32. The molecule has 5 nitrogen and oxygen atoms in total. The van der Waals surface area contributed by atoms with Crippen LogP contribution in [0.5, 0.6) is 5.75 Å². The summed E-state index contributed by atoms with van der Waals surface area (Å²) < 4.78 is 17.5. The molecule has 7 heteroatoms. The highest BCUT2D eigenvalue weighted by Crippen LogP contribution is 2.50. The molecule has 146 valence electrons. The number of halogens is 2. The zero-order valence-corrected chi connectivity index (χ0v) is 16.6. The molecular weight excluding hydrogens is 401 g/mol. The number of amides is 1. The van der Waals surface area contributed by atoms with E-state index in [4.69, 9.17) is 37.4 Å². The molecule has 0 aliphatic carbocycles. The van der Waals surface area contributed by atoms with Crippen LogP contribution in [0, 0.1) is 0 Å². The van der Waals surface area contributed by atoms with E-state index in [9.17, 15) is 4.79 Å². The number of carbonyl (C=O) groups excluding carboxylic acids is 1. The van der Waals surface area contributed by atoms with E-state index in [1.165, 1.54) is 0 Å². The first-order chi connectivity index (χ1) is 13.6. The van der Waals surface area contributed by atoms with Gasteiger partial charge in [-0.1, -0.05) is 54.1 Å². The normalized spacial score (nSPS) is 17.6. The van der Waals surface area contributed by atoms with Crippen LogP contribution >= 0.6 is 23.2 Å². The van der Waals surface area contributed by atoms with Crippen LogP contribution < -0.4 is 9.64 Å². The van der Waals surface area contributed by atoms with E-state index in [2.05, 4.69) is 6.58 Å². The molecule has 28 heavy (non-hydrogen) atoms. The molecule has 2 aliphatic rings. The topological polar surface area (TPSA) is 48.0 Å². The first-order valence-corrected chi connectivity index (χ1v) is 9.74. The quantitative estimate of drug-likeness (QED) is 0.659. The van der Waals surface area contributed by atoms with Crippen LogP contribution in [0.4, 0.5) is 5.69 Å². The molecule has 4 rings (SSSR count). The first-order valence-electron chi connectivity index (χ1n) is 8.98. The van der Waals surface area contributed by atoms with Gasteiger partial charge in [-0.05, 0) is 24.6 Å². The summed E-state index contributed by atoms with van der Waals surface area (Å²) in [6.45, 7) is 5.14. The Labute approximate surface area is 173 Å². The predicted octanol–water partition coefficient (Wildman–Crippen LogP) is 4.69. The second kappa shape index (κ2) is 7.76. The summed E-state index contributed by atoms with van der Waals surface area (Å²) in [5, 5.41) is 0.661. The van der Waals surface area contributed by atoms with Gasteiger partial charge in [0.05, 0.1) is 35.5 Å². The number of ether oxygens (including phenoxy) is 3. The smallest absolute Gasteiger partial charge is 0.292 e. The van der Waals surface area contributed by atoms with Crippen molar-refractivity contribution < 1.29 is 19.0 Å². The molecule has 1 fully saturated rings. The molecule has 2 aliphatic heterocycles. The Hall–Kier alpha value is -2.05. The van der Waals surface area contributed by atoms with Crippen LogP contribution in [-0.2, 0) is 26.6 Å². The molecule has 0 N–H and O–H groups in total. The summed E-state index contributed by atoms with van der Waals surface area (Å²) in [6, 6.07) is 10.9. The Morgan fingerprint density at radius 3 is 2.68 bits per heavy atom. The van der Waals surface area contributed by atoms with Gasteiger partial charge in [-0.2, -0.15) is 0 Å². The Balaban J connectivity index is 1.78. The molecule has 0 bridgehead atoms. The predicted molar refractivity (Wildman–Crippen MR) is 108 cm³/mol. The molecule has 1 amide bonds. The fraction of sp³-hybridized carbons (Fsp3) is 0.286. The molecule has 0 unspecified atom stereocenters. The maximum absolute atomic E-state index is 13.4. The van der Waals surface area contributed by atoms with Crippen LogP contribution in [-0.4, -0.2) is 25.7 Å². The number of hydrogen-bond donors (Lipinski definition) is 0. The van der Waals surface area contributed by atoms with Gasteiger partial charge in [0, 0.05) is 11.1 Å². The van der Waals surface area contributed by atoms with Crippen LogP contribution in [0.2, 0.25) is 10.0 Å². The van der Waals surface area contributed by atoms with Crippen molar-refractivity contribution >= 4 is 34.8 Å². The minimum Gasteiger partial charge on any atom is -0.489 e. The van der Waals surface area contributed by atoms with Gasteiger partial charge < -0.3 is 19.1 Å². The summed E-state index contributed by atoms with van der Waals surface area (Å²) in [6.07, 6.45) is 2.40. The van der Waals surface area contributed by atoms with Gasteiger partial charge in [0.15, 0.2) is 0 Å². The molecule has 0 atom stereocenters. The van der Waals surface area contributed by atoms with Crippen molar-refractivity contribution in [1.82, 2.24) is 0 Å². The summed E-state index contributed by atoms with van der Waals surface area (Å²) in [4.78, 5) is 15.0.